The van der Waals surface area contributed by atoms with E-state index in [-0.39, 0.29) is 12.0 Å². The van der Waals surface area contributed by atoms with E-state index in [1.165, 1.54) is 0 Å². The third-order valence-electron chi connectivity index (χ3n) is 3.76. The van der Waals surface area contributed by atoms with E-state index < -0.39 is 0 Å². The summed E-state index contributed by atoms with van der Waals surface area (Å²) in [4.78, 5) is 23.1. The first-order valence-electron chi connectivity index (χ1n) is 9.04. The van der Waals surface area contributed by atoms with Gasteiger partial charge in [0, 0.05) is 19.3 Å². The Hall–Kier alpha value is -2.63. The first kappa shape index (κ1) is 19.7. The Balaban J connectivity index is 2.24. The predicted octanol–water partition coefficient (Wildman–Crippen LogP) is 4.19. The van der Waals surface area contributed by atoms with Crippen molar-refractivity contribution < 1.29 is 9.53 Å². The van der Waals surface area contributed by atoms with Gasteiger partial charge in [-0.15, -0.1) is 0 Å². The van der Waals surface area contributed by atoms with Crippen LogP contribution in [-0.2, 0) is 0 Å². The third kappa shape index (κ3) is 5.44. The van der Waals surface area contributed by atoms with Gasteiger partial charge in [-0.2, -0.15) is 0 Å². The minimum absolute atomic E-state index is 0.0562. The van der Waals surface area contributed by atoms with Gasteiger partial charge in [0.05, 0.1) is 11.8 Å². The Labute approximate surface area is 155 Å². The molecular weight excluding hydrogens is 328 g/mol. The van der Waals surface area contributed by atoms with E-state index in [9.17, 15) is 4.79 Å². The topological polar surface area (TPSA) is 67.4 Å². The molecule has 1 aromatic heterocycles. The van der Waals surface area contributed by atoms with E-state index in [1.807, 2.05) is 45.0 Å². The SMILES string of the molecule is CCCCN(C)C(=O)c1cc(C)nc(Nc2ccccc2OC(C)C)n1. The van der Waals surface area contributed by atoms with Crippen LogP contribution in [0, 0.1) is 6.92 Å². The number of anilines is 2. The number of rotatable bonds is 8. The molecule has 26 heavy (non-hydrogen) atoms. The maximum atomic E-state index is 12.6. The lowest BCUT2D eigenvalue weighted by atomic mass is 10.2. The van der Waals surface area contributed by atoms with Crippen LogP contribution in [0.5, 0.6) is 5.75 Å². The molecule has 2 aromatic rings. The summed E-state index contributed by atoms with van der Waals surface area (Å²) in [6.45, 7) is 8.62. The average Bonchev–Trinajstić information content (AvgIpc) is 2.59. The monoisotopic (exact) mass is 356 g/mol. The van der Waals surface area contributed by atoms with Gasteiger partial charge in [0.2, 0.25) is 5.95 Å². The lowest BCUT2D eigenvalue weighted by Gasteiger charge is -2.17. The van der Waals surface area contributed by atoms with Crippen LogP contribution in [0.3, 0.4) is 0 Å². The number of aromatic nitrogens is 2. The Morgan fingerprint density at radius 3 is 2.69 bits per heavy atom. The van der Waals surface area contributed by atoms with E-state index in [1.54, 1.807) is 18.0 Å². The minimum Gasteiger partial charge on any atom is -0.489 e. The number of unbranched alkanes of at least 4 members (excludes halogenated alkanes) is 1. The van der Waals surface area contributed by atoms with E-state index >= 15 is 0 Å². The summed E-state index contributed by atoms with van der Waals surface area (Å²) in [5, 5.41) is 3.18. The Bertz CT molecular complexity index is 746. The summed E-state index contributed by atoms with van der Waals surface area (Å²) in [6, 6.07) is 9.33. The van der Waals surface area contributed by atoms with Gasteiger partial charge in [-0.1, -0.05) is 25.5 Å². The number of carbonyl (C=O) groups excluding carboxylic acids is 1. The van der Waals surface area contributed by atoms with Crippen LogP contribution in [0.2, 0.25) is 0 Å². The molecule has 140 valence electrons. The van der Waals surface area contributed by atoms with Gasteiger partial charge in [0.1, 0.15) is 11.4 Å². The normalized spacial score (nSPS) is 10.7. The molecule has 1 amide bonds. The van der Waals surface area contributed by atoms with Crippen LogP contribution in [0.4, 0.5) is 11.6 Å². The van der Waals surface area contributed by atoms with Crippen LogP contribution in [0.25, 0.3) is 0 Å². The lowest BCUT2D eigenvalue weighted by molar-refractivity contribution is 0.0787. The van der Waals surface area contributed by atoms with Crippen LogP contribution in [0.15, 0.2) is 30.3 Å². The highest BCUT2D eigenvalue weighted by molar-refractivity contribution is 5.92. The summed E-state index contributed by atoms with van der Waals surface area (Å²) >= 11 is 0. The molecule has 2 rings (SSSR count). The van der Waals surface area contributed by atoms with Gasteiger partial charge in [0.15, 0.2) is 0 Å². The zero-order valence-corrected chi connectivity index (χ0v) is 16.2. The highest BCUT2D eigenvalue weighted by atomic mass is 16.5. The number of hydrogen-bond donors (Lipinski definition) is 1. The molecule has 0 saturated carbocycles. The molecule has 0 aliphatic heterocycles. The summed E-state index contributed by atoms with van der Waals surface area (Å²) in [7, 11) is 1.80. The number of hydrogen-bond acceptors (Lipinski definition) is 5. The van der Waals surface area contributed by atoms with Gasteiger partial charge in [-0.3, -0.25) is 4.79 Å². The number of ether oxygens (including phenoxy) is 1. The zero-order chi connectivity index (χ0) is 19.1. The van der Waals surface area contributed by atoms with Gasteiger partial charge < -0.3 is 15.0 Å². The highest BCUT2D eigenvalue weighted by Crippen LogP contribution is 2.27. The fourth-order valence-corrected chi connectivity index (χ4v) is 2.47. The number of para-hydroxylation sites is 2. The van der Waals surface area contributed by atoms with Gasteiger partial charge in [0.25, 0.3) is 5.91 Å². The molecule has 1 N–H and O–H groups in total. The number of nitrogens with one attached hydrogen (secondary N) is 1. The Morgan fingerprint density at radius 2 is 2.00 bits per heavy atom. The van der Waals surface area contributed by atoms with Crippen molar-refractivity contribution >= 4 is 17.5 Å². The van der Waals surface area contributed by atoms with Crippen LogP contribution in [-0.4, -0.2) is 40.5 Å². The molecule has 0 spiro atoms. The third-order valence-corrected chi connectivity index (χ3v) is 3.76. The van der Waals surface area contributed by atoms with Gasteiger partial charge >= 0.3 is 0 Å². The molecular formula is C20H28N4O2. The molecule has 0 saturated heterocycles. The second-order valence-electron chi connectivity index (χ2n) is 6.59. The molecule has 6 nitrogen and oxygen atoms in total. The molecule has 0 atom stereocenters. The number of benzene rings is 1. The number of nitrogens with zero attached hydrogens (tertiary/aromatic N) is 3. The van der Waals surface area contributed by atoms with Gasteiger partial charge in [-0.25, -0.2) is 9.97 Å². The second kappa shape index (κ2) is 9.17. The predicted molar refractivity (Wildman–Crippen MR) is 104 cm³/mol. The molecule has 0 aliphatic rings. The van der Waals surface area contributed by atoms with Crippen molar-refractivity contribution in [2.24, 2.45) is 0 Å². The van der Waals surface area contributed by atoms with Crippen molar-refractivity contribution in [3.8, 4) is 5.75 Å². The fraction of sp³-hybridized carbons (Fsp3) is 0.450. The summed E-state index contributed by atoms with van der Waals surface area (Å²) < 4.78 is 5.81. The first-order chi connectivity index (χ1) is 12.4. The van der Waals surface area contributed by atoms with Gasteiger partial charge in [-0.05, 0) is 45.4 Å². The first-order valence-corrected chi connectivity index (χ1v) is 9.04. The summed E-state index contributed by atoms with van der Waals surface area (Å²) in [5.74, 6) is 1.01. The zero-order valence-electron chi connectivity index (χ0n) is 16.2. The number of carbonyl (C=O) groups is 1. The highest BCUT2D eigenvalue weighted by Gasteiger charge is 2.15. The van der Waals surface area contributed by atoms with Crippen molar-refractivity contribution in [2.75, 3.05) is 18.9 Å². The van der Waals surface area contributed by atoms with Crippen molar-refractivity contribution in [3.05, 3.63) is 41.7 Å². The summed E-state index contributed by atoms with van der Waals surface area (Å²) in [6.07, 6.45) is 2.07. The van der Waals surface area contributed by atoms with E-state index in [0.717, 1.165) is 30.0 Å². The fourth-order valence-electron chi connectivity index (χ4n) is 2.47. The Morgan fingerprint density at radius 1 is 1.27 bits per heavy atom. The maximum Gasteiger partial charge on any atom is 0.272 e. The van der Waals surface area contributed by atoms with E-state index in [0.29, 0.717) is 18.2 Å². The molecule has 0 fully saturated rings. The van der Waals surface area contributed by atoms with Crippen molar-refractivity contribution in [3.63, 3.8) is 0 Å². The molecule has 6 heteroatoms. The molecule has 0 aliphatic carbocycles. The van der Waals surface area contributed by atoms with Crippen molar-refractivity contribution in [1.82, 2.24) is 14.9 Å². The standard InChI is InChI=1S/C20H28N4O2/c1-6-7-12-24(5)19(25)17-13-15(4)21-20(23-17)22-16-10-8-9-11-18(16)26-14(2)3/h8-11,13-14H,6-7,12H2,1-5H3,(H,21,22,23). The maximum absolute atomic E-state index is 12.6. The molecule has 0 bridgehead atoms. The number of aryl methyl sites for hydroxylation is 1. The summed E-state index contributed by atoms with van der Waals surface area (Å²) in [5.41, 5.74) is 1.89. The van der Waals surface area contributed by atoms with Crippen molar-refractivity contribution in [2.45, 2.75) is 46.6 Å². The van der Waals surface area contributed by atoms with E-state index in [4.69, 9.17) is 4.74 Å². The van der Waals surface area contributed by atoms with Crippen LogP contribution < -0.4 is 10.1 Å². The Kier molecular flexibility index (Phi) is 6.95. The van der Waals surface area contributed by atoms with Crippen LogP contribution in [0.1, 0.15) is 49.8 Å². The minimum atomic E-state index is -0.0984. The second-order valence-corrected chi connectivity index (χ2v) is 6.59. The number of amides is 1. The van der Waals surface area contributed by atoms with E-state index in [2.05, 4.69) is 22.2 Å². The van der Waals surface area contributed by atoms with Crippen LogP contribution >= 0.6 is 0 Å². The molecule has 0 unspecified atom stereocenters. The smallest absolute Gasteiger partial charge is 0.272 e. The molecule has 1 heterocycles. The quantitative estimate of drug-likeness (QED) is 0.768. The molecule has 1 aromatic carbocycles. The van der Waals surface area contributed by atoms with Crippen molar-refractivity contribution in [1.29, 1.82) is 0 Å². The lowest BCUT2D eigenvalue weighted by Crippen LogP contribution is -2.28. The molecule has 0 radical (unpaired) electrons. The average molecular weight is 356 g/mol. The largest absolute Gasteiger partial charge is 0.489 e.